The molecule has 0 amide bonds. The summed E-state index contributed by atoms with van der Waals surface area (Å²) in [4.78, 5) is 10.7. The summed E-state index contributed by atoms with van der Waals surface area (Å²) in [6.45, 7) is 23.7. The van der Waals surface area contributed by atoms with Crippen molar-refractivity contribution in [2.45, 2.75) is 71.4 Å². The normalized spacial score (nSPS) is 13.1. The molecule has 0 fully saturated rings. The highest BCUT2D eigenvalue weighted by Gasteiger charge is 2.18. The van der Waals surface area contributed by atoms with Gasteiger partial charge in [-0.3, -0.25) is 0 Å². The van der Waals surface area contributed by atoms with Gasteiger partial charge in [-0.25, -0.2) is 4.79 Å². The molecule has 0 aliphatic rings. The Bertz CT molecular complexity index is 375. The molecule has 0 saturated carbocycles. The van der Waals surface area contributed by atoms with Crippen molar-refractivity contribution in [2.24, 2.45) is 0 Å². The van der Waals surface area contributed by atoms with Gasteiger partial charge in [0.2, 0.25) is 0 Å². The standard InChI is InChI=1S/C9H22O3Si3.2C3H12OSi2/c1-5-9(10)11-7-6-8-14(13)12-15(2,3)4;2*1-6(2,3)4-5/h5,14H,1,6-8H2,2-4,13H3;2*1-3,5H3. The summed E-state index contributed by atoms with van der Waals surface area (Å²) in [6, 6.07) is 1.13. The molecule has 0 rings (SSSR count). The minimum absolute atomic E-state index is 0.326. The van der Waals surface area contributed by atoms with Gasteiger partial charge in [-0.2, -0.15) is 0 Å². The maximum Gasteiger partial charge on any atom is 0.330 e. The molecule has 0 aliphatic carbocycles. The van der Waals surface area contributed by atoms with Crippen LogP contribution in [0.3, 0.4) is 0 Å². The van der Waals surface area contributed by atoms with Crippen LogP contribution in [-0.4, -0.2) is 76.8 Å². The SMILES string of the molecule is C=CC(=O)OCCC[SiH]([SiH3])O[Si](C)(C)C.C[Si](C)(C)O[SiH3].C[Si](C)(C)O[SiH3]. The van der Waals surface area contributed by atoms with Crippen LogP contribution in [0.25, 0.3) is 0 Å². The van der Waals surface area contributed by atoms with E-state index in [9.17, 15) is 4.79 Å². The van der Waals surface area contributed by atoms with E-state index >= 15 is 0 Å². The number of hydrogen-bond donors (Lipinski definition) is 0. The highest BCUT2D eigenvalue weighted by atomic mass is 29.2. The van der Waals surface area contributed by atoms with E-state index in [4.69, 9.17) is 17.1 Å². The Hall–Kier alpha value is 0.608. The van der Waals surface area contributed by atoms with Gasteiger partial charge in [-0.1, -0.05) is 6.58 Å². The third-order valence-electron chi connectivity index (χ3n) is 2.95. The molecule has 5 nitrogen and oxygen atoms in total. The summed E-state index contributed by atoms with van der Waals surface area (Å²) >= 11 is 0. The Labute approximate surface area is 182 Å². The van der Waals surface area contributed by atoms with Crippen molar-refractivity contribution >= 4 is 70.2 Å². The fourth-order valence-electron chi connectivity index (χ4n) is 1.26. The lowest BCUT2D eigenvalue weighted by molar-refractivity contribution is -0.137. The number of carbonyl (C=O) groups excluding carboxylic acids is 1. The smallest absolute Gasteiger partial charge is 0.330 e. The first-order valence-electron chi connectivity index (χ1n) is 9.54. The molecule has 12 heteroatoms. The van der Waals surface area contributed by atoms with Crippen LogP contribution in [0.4, 0.5) is 0 Å². The quantitative estimate of drug-likeness (QED) is 0.202. The molecule has 0 spiro atoms. The lowest BCUT2D eigenvalue weighted by Gasteiger charge is -2.23. The summed E-state index contributed by atoms with van der Waals surface area (Å²) in [5.41, 5.74) is 0. The van der Waals surface area contributed by atoms with Crippen molar-refractivity contribution in [3.05, 3.63) is 12.7 Å². The number of rotatable bonds is 9. The zero-order valence-electron chi connectivity index (χ0n) is 20.0. The van der Waals surface area contributed by atoms with Gasteiger partial charge in [0.15, 0.2) is 25.0 Å². The van der Waals surface area contributed by atoms with E-state index in [2.05, 4.69) is 65.5 Å². The van der Waals surface area contributed by atoms with Crippen LogP contribution in [0.15, 0.2) is 12.7 Å². The van der Waals surface area contributed by atoms with E-state index < -0.39 is 33.5 Å². The molecular weight excluding hydrogens is 457 g/mol. The van der Waals surface area contributed by atoms with Gasteiger partial charge >= 0.3 is 5.97 Å². The van der Waals surface area contributed by atoms with E-state index in [0.29, 0.717) is 6.61 Å². The molecule has 0 bridgehead atoms. The first-order valence-corrected chi connectivity index (χ1v) is 27.3. The molecule has 27 heavy (non-hydrogen) atoms. The highest BCUT2D eigenvalue weighted by Crippen LogP contribution is 2.07. The molecular formula is C15H46O5Si7. The van der Waals surface area contributed by atoms with Crippen LogP contribution in [0.2, 0.25) is 65.0 Å². The van der Waals surface area contributed by atoms with Crippen molar-refractivity contribution in [1.29, 1.82) is 0 Å². The Morgan fingerprint density at radius 2 is 1.30 bits per heavy atom. The fraction of sp³-hybridized carbons (Fsp3) is 0.800. The Balaban J connectivity index is -0.000000394. The largest absolute Gasteiger partial charge is 0.464 e. The predicted octanol–water partition coefficient (Wildman–Crippen LogP) is 0.780. The number of ether oxygens (including phenoxy) is 1. The Morgan fingerprint density at radius 3 is 1.56 bits per heavy atom. The molecule has 0 aliphatic heterocycles. The molecule has 1 atom stereocenters. The van der Waals surface area contributed by atoms with Gasteiger partial charge in [-0.15, -0.1) is 0 Å². The van der Waals surface area contributed by atoms with Gasteiger partial charge in [0.1, 0.15) is 29.5 Å². The van der Waals surface area contributed by atoms with Crippen LogP contribution >= 0.6 is 0 Å². The molecule has 1 unspecified atom stereocenters. The van der Waals surface area contributed by atoms with Gasteiger partial charge in [0.05, 0.1) is 6.61 Å². The maximum absolute atomic E-state index is 10.7. The second-order valence-corrected chi connectivity index (χ2v) is 32.1. The van der Waals surface area contributed by atoms with Crippen LogP contribution in [0.5, 0.6) is 0 Å². The zero-order valence-corrected chi connectivity index (χ0v) is 30.2. The molecule has 0 radical (unpaired) electrons. The minimum atomic E-state index is -1.34. The highest BCUT2D eigenvalue weighted by molar-refractivity contribution is 7.03. The van der Waals surface area contributed by atoms with Crippen molar-refractivity contribution in [3.8, 4) is 0 Å². The predicted molar refractivity (Wildman–Crippen MR) is 141 cm³/mol. The summed E-state index contributed by atoms with van der Waals surface area (Å²) in [7, 11) is -1.40. The average Bonchev–Trinajstić information content (AvgIpc) is 2.49. The second kappa shape index (κ2) is 16.4. The third-order valence-corrected chi connectivity index (χ3v) is 22.3. The van der Waals surface area contributed by atoms with Crippen LogP contribution in [0, 0.1) is 0 Å². The zero-order chi connectivity index (χ0) is 22.3. The fourth-order valence-corrected chi connectivity index (χ4v) is 14.9. The Kier molecular flexibility index (Phi) is 19.6. The van der Waals surface area contributed by atoms with Crippen LogP contribution in [0.1, 0.15) is 6.42 Å². The summed E-state index contributed by atoms with van der Waals surface area (Å²) in [6.07, 6.45) is 2.14. The van der Waals surface area contributed by atoms with E-state index in [1.165, 1.54) is 15.8 Å². The molecule has 0 N–H and O–H groups in total. The molecule has 0 aromatic heterocycles. The van der Waals surface area contributed by atoms with Crippen LogP contribution < -0.4 is 0 Å². The Morgan fingerprint density at radius 1 is 0.926 bits per heavy atom. The van der Waals surface area contributed by atoms with Crippen molar-refractivity contribution in [3.63, 3.8) is 0 Å². The van der Waals surface area contributed by atoms with Gasteiger partial charge in [0, 0.05) is 15.8 Å². The number of carbonyl (C=O) groups is 1. The van der Waals surface area contributed by atoms with Gasteiger partial charge in [-0.05, 0) is 71.4 Å². The van der Waals surface area contributed by atoms with E-state index in [1.54, 1.807) is 0 Å². The van der Waals surface area contributed by atoms with E-state index in [1.807, 2.05) is 0 Å². The molecule has 0 saturated heterocycles. The maximum atomic E-state index is 10.7. The topological polar surface area (TPSA) is 54.0 Å². The average molecular weight is 503 g/mol. The first-order chi connectivity index (χ1) is 12.0. The third kappa shape index (κ3) is 37.9. The van der Waals surface area contributed by atoms with Crippen LogP contribution in [-0.2, 0) is 21.9 Å². The van der Waals surface area contributed by atoms with Crippen molar-refractivity contribution in [1.82, 2.24) is 0 Å². The van der Waals surface area contributed by atoms with Gasteiger partial charge in [0.25, 0.3) is 0 Å². The monoisotopic (exact) mass is 502 g/mol. The first kappa shape index (κ1) is 32.3. The van der Waals surface area contributed by atoms with E-state index in [-0.39, 0.29) is 5.97 Å². The van der Waals surface area contributed by atoms with Crippen molar-refractivity contribution in [2.75, 3.05) is 6.61 Å². The van der Waals surface area contributed by atoms with Gasteiger partial charge < -0.3 is 17.1 Å². The molecule has 0 aromatic rings. The molecule has 0 heterocycles. The molecule has 164 valence electrons. The number of esters is 1. The summed E-state index contributed by atoms with van der Waals surface area (Å²) in [5.74, 6) is -0.326. The second-order valence-electron chi connectivity index (χ2n) is 9.19. The summed E-state index contributed by atoms with van der Waals surface area (Å²) < 4.78 is 21.4. The minimum Gasteiger partial charge on any atom is -0.464 e. The van der Waals surface area contributed by atoms with Crippen molar-refractivity contribution < 1.29 is 21.9 Å². The summed E-state index contributed by atoms with van der Waals surface area (Å²) in [5, 5.41) is 0. The molecule has 0 aromatic carbocycles. The van der Waals surface area contributed by atoms with E-state index in [0.717, 1.165) is 33.4 Å². The lowest BCUT2D eigenvalue weighted by Crippen LogP contribution is -2.35. The number of hydrogen-bond acceptors (Lipinski definition) is 5. The lowest BCUT2D eigenvalue weighted by atomic mass is 10.5.